The summed E-state index contributed by atoms with van der Waals surface area (Å²) in [5.41, 5.74) is 7.40. The Kier molecular flexibility index (Phi) is 8.50. The van der Waals surface area contributed by atoms with Gasteiger partial charge in [0.05, 0.1) is 32.0 Å². The molecule has 2 aromatic rings. The molecule has 0 amide bonds. The van der Waals surface area contributed by atoms with Crippen molar-refractivity contribution in [3.8, 4) is 0 Å². The number of anilines is 1. The highest BCUT2D eigenvalue weighted by molar-refractivity contribution is 5.30. The lowest BCUT2D eigenvalue weighted by Gasteiger charge is -2.31. The van der Waals surface area contributed by atoms with Gasteiger partial charge in [0.25, 0.3) is 0 Å². The third-order valence-corrected chi connectivity index (χ3v) is 4.26. The van der Waals surface area contributed by atoms with Gasteiger partial charge >= 0.3 is 0 Å². The molecule has 0 fully saturated rings. The summed E-state index contributed by atoms with van der Waals surface area (Å²) in [6.45, 7) is 4.11. The molecule has 1 aromatic carbocycles. The minimum absolute atomic E-state index is 0.0263. The summed E-state index contributed by atoms with van der Waals surface area (Å²) >= 11 is 0. The molecule has 4 N–H and O–H groups in total. The molecule has 2 rings (SSSR count). The molecule has 0 aliphatic heterocycles. The van der Waals surface area contributed by atoms with Crippen LogP contribution in [0.15, 0.2) is 48.7 Å². The summed E-state index contributed by atoms with van der Waals surface area (Å²) in [6.07, 6.45) is 1.81. The standard InChI is InChI=1S/C20H29N3O3/c1-2-10-23(12-19(25)17-8-9-20(21)22-11-17)18(13-24)15-26-14-16-6-4-3-5-7-16/h3-9,11,18-19,24-25H,2,10,12-15H2,1H3,(H2,21,22)/t18-,19?/m1/s1. The fourth-order valence-electron chi connectivity index (χ4n) is 2.81. The SMILES string of the molecule is CCCN(CC(O)c1ccc(N)nc1)[C@H](CO)COCc1ccccc1. The van der Waals surface area contributed by atoms with E-state index in [1.165, 1.54) is 0 Å². The summed E-state index contributed by atoms with van der Waals surface area (Å²) in [6, 6.07) is 13.2. The van der Waals surface area contributed by atoms with Crippen LogP contribution >= 0.6 is 0 Å². The van der Waals surface area contributed by atoms with Crippen LogP contribution in [0.25, 0.3) is 0 Å². The number of nitrogens with two attached hydrogens (primary N) is 1. The van der Waals surface area contributed by atoms with E-state index in [1.54, 1.807) is 18.3 Å². The van der Waals surface area contributed by atoms with Crippen molar-refractivity contribution in [1.82, 2.24) is 9.88 Å². The second-order valence-electron chi connectivity index (χ2n) is 6.36. The summed E-state index contributed by atoms with van der Waals surface area (Å²) < 4.78 is 5.79. The van der Waals surface area contributed by atoms with Gasteiger partial charge in [-0.05, 0) is 24.6 Å². The average molecular weight is 359 g/mol. The maximum absolute atomic E-state index is 10.5. The van der Waals surface area contributed by atoms with Crippen molar-refractivity contribution in [2.75, 3.05) is 32.0 Å². The summed E-state index contributed by atoms with van der Waals surface area (Å²) in [4.78, 5) is 6.09. The topological polar surface area (TPSA) is 91.8 Å². The quantitative estimate of drug-likeness (QED) is 0.568. The second kappa shape index (κ2) is 10.9. The Morgan fingerprint density at radius 1 is 1.19 bits per heavy atom. The van der Waals surface area contributed by atoms with Gasteiger partial charge in [-0.2, -0.15) is 0 Å². The maximum atomic E-state index is 10.5. The van der Waals surface area contributed by atoms with E-state index in [4.69, 9.17) is 10.5 Å². The van der Waals surface area contributed by atoms with Gasteiger partial charge in [0.2, 0.25) is 0 Å². The van der Waals surface area contributed by atoms with Crippen molar-refractivity contribution in [1.29, 1.82) is 0 Å². The molecule has 6 nitrogen and oxygen atoms in total. The first-order valence-corrected chi connectivity index (χ1v) is 9.00. The minimum Gasteiger partial charge on any atom is -0.395 e. The van der Waals surface area contributed by atoms with E-state index in [2.05, 4.69) is 16.8 Å². The third-order valence-electron chi connectivity index (χ3n) is 4.26. The fourth-order valence-corrected chi connectivity index (χ4v) is 2.81. The molecule has 1 unspecified atom stereocenters. The van der Waals surface area contributed by atoms with Crippen LogP contribution in [0.5, 0.6) is 0 Å². The number of hydrogen-bond donors (Lipinski definition) is 3. The Hall–Kier alpha value is -1.99. The van der Waals surface area contributed by atoms with Crippen LogP contribution in [0.1, 0.15) is 30.6 Å². The number of ether oxygens (including phenoxy) is 1. The predicted octanol–water partition coefficient (Wildman–Crippen LogP) is 1.99. The lowest BCUT2D eigenvalue weighted by atomic mass is 10.1. The maximum Gasteiger partial charge on any atom is 0.123 e. The van der Waals surface area contributed by atoms with Crippen molar-refractivity contribution < 1.29 is 14.9 Å². The zero-order valence-corrected chi connectivity index (χ0v) is 15.3. The number of hydrogen-bond acceptors (Lipinski definition) is 6. The number of nitrogens with zero attached hydrogens (tertiary/aromatic N) is 2. The van der Waals surface area contributed by atoms with E-state index >= 15 is 0 Å². The Morgan fingerprint density at radius 3 is 2.58 bits per heavy atom. The molecule has 1 heterocycles. The van der Waals surface area contributed by atoms with Crippen LogP contribution < -0.4 is 5.73 Å². The molecule has 2 atom stereocenters. The number of benzene rings is 1. The molecule has 0 radical (unpaired) electrons. The van der Waals surface area contributed by atoms with Gasteiger partial charge in [0.1, 0.15) is 5.82 Å². The molecule has 0 aliphatic carbocycles. The number of nitrogen functional groups attached to an aromatic ring is 1. The number of rotatable bonds is 11. The Balaban J connectivity index is 1.92. The molecule has 0 aliphatic rings. The highest BCUT2D eigenvalue weighted by Gasteiger charge is 2.21. The van der Waals surface area contributed by atoms with Crippen molar-refractivity contribution in [2.24, 2.45) is 0 Å². The van der Waals surface area contributed by atoms with E-state index < -0.39 is 6.10 Å². The first-order chi connectivity index (χ1) is 12.6. The number of aromatic nitrogens is 1. The lowest BCUT2D eigenvalue weighted by molar-refractivity contribution is 0.00376. The van der Waals surface area contributed by atoms with Gasteiger partial charge in [-0.1, -0.05) is 43.3 Å². The zero-order chi connectivity index (χ0) is 18.8. The van der Waals surface area contributed by atoms with Gasteiger partial charge in [0, 0.05) is 18.3 Å². The van der Waals surface area contributed by atoms with Gasteiger partial charge in [-0.25, -0.2) is 4.98 Å². The van der Waals surface area contributed by atoms with Crippen LogP contribution in [-0.4, -0.2) is 52.4 Å². The molecule has 0 saturated carbocycles. The lowest BCUT2D eigenvalue weighted by Crippen LogP contribution is -2.44. The number of aliphatic hydroxyl groups excluding tert-OH is 2. The first kappa shape index (κ1) is 20.3. The molecule has 0 saturated heterocycles. The Bertz CT molecular complexity index is 622. The van der Waals surface area contributed by atoms with E-state index in [9.17, 15) is 10.2 Å². The molecular formula is C20H29N3O3. The van der Waals surface area contributed by atoms with Crippen LogP contribution in [0, 0.1) is 0 Å². The van der Waals surface area contributed by atoms with E-state index in [-0.39, 0.29) is 12.6 Å². The summed E-state index contributed by atoms with van der Waals surface area (Å²) in [5, 5.41) is 20.3. The van der Waals surface area contributed by atoms with E-state index in [0.717, 1.165) is 18.5 Å². The van der Waals surface area contributed by atoms with Crippen molar-refractivity contribution in [2.45, 2.75) is 32.1 Å². The smallest absolute Gasteiger partial charge is 0.123 e. The van der Waals surface area contributed by atoms with Gasteiger partial charge in [-0.15, -0.1) is 0 Å². The van der Waals surface area contributed by atoms with Crippen LogP contribution in [-0.2, 0) is 11.3 Å². The molecule has 0 spiro atoms. The Labute approximate surface area is 155 Å². The largest absolute Gasteiger partial charge is 0.395 e. The molecular weight excluding hydrogens is 330 g/mol. The van der Waals surface area contributed by atoms with Crippen LogP contribution in [0.3, 0.4) is 0 Å². The van der Waals surface area contributed by atoms with Crippen molar-refractivity contribution in [3.05, 3.63) is 59.8 Å². The van der Waals surface area contributed by atoms with Gasteiger partial charge in [0.15, 0.2) is 0 Å². The van der Waals surface area contributed by atoms with Gasteiger partial charge < -0.3 is 20.7 Å². The predicted molar refractivity (Wildman–Crippen MR) is 102 cm³/mol. The van der Waals surface area contributed by atoms with E-state index in [1.807, 2.05) is 30.3 Å². The van der Waals surface area contributed by atoms with Crippen LogP contribution in [0.2, 0.25) is 0 Å². The van der Waals surface area contributed by atoms with Gasteiger partial charge in [-0.3, -0.25) is 4.90 Å². The van der Waals surface area contributed by atoms with Crippen molar-refractivity contribution >= 4 is 5.82 Å². The summed E-state index contributed by atoms with van der Waals surface area (Å²) in [7, 11) is 0. The minimum atomic E-state index is -0.696. The number of pyridine rings is 1. The van der Waals surface area contributed by atoms with E-state index in [0.29, 0.717) is 31.1 Å². The first-order valence-electron chi connectivity index (χ1n) is 9.00. The molecule has 26 heavy (non-hydrogen) atoms. The molecule has 142 valence electrons. The highest BCUT2D eigenvalue weighted by atomic mass is 16.5. The third kappa shape index (κ3) is 6.38. The van der Waals surface area contributed by atoms with Crippen LogP contribution in [0.4, 0.5) is 5.82 Å². The molecule has 1 aromatic heterocycles. The summed E-state index contributed by atoms with van der Waals surface area (Å²) in [5.74, 6) is 0.425. The monoisotopic (exact) mass is 359 g/mol. The average Bonchev–Trinajstić information content (AvgIpc) is 2.66. The van der Waals surface area contributed by atoms with Crippen molar-refractivity contribution in [3.63, 3.8) is 0 Å². The molecule has 0 bridgehead atoms. The second-order valence-corrected chi connectivity index (χ2v) is 6.36. The Morgan fingerprint density at radius 2 is 1.96 bits per heavy atom. The zero-order valence-electron chi connectivity index (χ0n) is 15.3. The fraction of sp³-hybridized carbons (Fsp3) is 0.450. The molecule has 6 heteroatoms. The normalized spacial score (nSPS) is 13.7. The number of aliphatic hydroxyl groups is 2. The highest BCUT2D eigenvalue weighted by Crippen LogP contribution is 2.16.